The Hall–Kier alpha value is -0.700. The van der Waals surface area contributed by atoms with Crippen molar-refractivity contribution in [1.82, 2.24) is 0 Å². The molecule has 0 aliphatic carbocycles. The number of aryl methyl sites for hydroxylation is 1. The van der Waals surface area contributed by atoms with Crippen LogP contribution in [0.4, 0.5) is 0 Å². The average Bonchev–Trinajstić information content (AvgIpc) is 2.47. The fourth-order valence-corrected chi connectivity index (χ4v) is 1.39. The molecule has 1 heterocycles. The van der Waals surface area contributed by atoms with E-state index in [1.165, 1.54) is 0 Å². The molecule has 0 saturated heterocycles. The summed E-state index contributed by atoms with van der Waals surface area (Å²) in [5.41, 5.74) is 0.726. The molecule has 12 heavy (non-hydrogen) atoms. The minimum atomic E-state index is 0.176. The number of hydrogen-bond acceptors (Lipinski definition) is 3. The van der Waals surface area contributed by atoms with E-state index < -0.39 is 0 Å². The lowest BCUT2D eigenvalue weighted by Crippen LogP contribution is -2.00. The first-order chi connectivity index (χ1) is 5.75. The number of Topliss-reactive ketones (excluding diaryl/α,β-unsaturated/α-hetero) is 1. The first kappa shape index (κ1) is 9.39. The van der Waals surface area contributed by atoms with Gasteiger partial charge < -0.3 is 4.42 Å². The fraction of sp³-hybridized carbons (Fsp3) is 0.444. The molecule has 0 amide bonds. The van der Waals surface area contributed by atoms with Gasteiger partial charge in [-0.1, -0.05) is 0 Å². The van der Waals surface area contributed by atoms with Crippen LogP contribution >= 0.6 is 11.8 Å². The minimum Gasteiger partial charge on any atom is -0.469 e. The Morgan fingerprint density at radius 3 is 2.92 bits per heavy atom. The van der Waals surface area contributed by atoms with Crippen LogP contribution in [0.1, 0.15) is 22.5 Å². The van der Waals surface area contributed by atoms with E-state index in [1.54, 1.807) is 24.1 Å². The smallest absolute Gasteiger partial charge is 0.167 e. The summed E-state index contributed by atoms with van der Waals surface area (Å²) in [6, 6.07) is 1.73. The van der Waals surface area contributed by atoms with Crippen molar-refractivity contribution in [3.05, 3.63) is 23.7 Å². The molecule has 0 radical (unpaired) electrons. The number of rotatable bonds is 4. The van der Waals surface area contributed by atoms with Crippen molar-refractivity contribution in [3.8, 4) is 0 Å². The molecular weight excluding hydrogens is 172 g/mol. The van der Waals surface area contributed by atoms with Crippen LogP contribution in [0.25, 0.3) is 0 Å². The number of furan rings is 1. The molecule has 3 heteroatoms. The summed E-state index contributed by atoms with van der Waals surface area (Å²) in [4.78, 5) is 11.4. The van der Waals surface area contributed by atoms with E-state index in [4.69, 9.17) is 4.42 Å². The van der Waals surface area contributed by atoms with Gasteiger partial charge in [-0.25, -0.2) is 0 Å². The Bertz CT molecular complexity index is 265. The topological polar surface area (TPSA) is 30.2 Å². The quantitative estimate of drug-likeness (QED) is 0.673. The molecule has 2 nitrogen and oxygen atoms in total. The molecule has 0 unspecified atom stereocenters. The molecule has 1 aromatic rings. The van der Waals surface area contributed by atoms with Crippen molar-refractivity contribution in [2.45, 2.75) is 13.3 Å². The molecule has 0 atom stereocenters. The Kier molecular flexibility index (Phi) is 3.41. The summed E-state index contributed by atoms with van der Waals surface area (Å²) in [6.07, 6.45) is 4.15. The lowest BCUT2D eigenvalue weighted by atomic mass is 10.1. The number of thioether (sulfide) groups is 1. The second kappa shape index (κ2) is 4.36. The summed E-state index contributed by atoms with van der Waals surface area (Å²) in [6.45, 7) is 1.81. The minimum absolute atomic E-state index is 0.176. The first-order valence-corrected chi connectivity index (χ1v) is 5.21. The third-order valence-electron chi connectivity index (χ3n) is 1.69. The zero-order valence-electron chi connectivity index (χ0n) is 7.29. The van der Waals surface area contributed by atoms with Crippen LogP contribution in [0.2, 0.25) is 0 Å². The van der Waals surface area contributed by atoms with E-state index in [0.29, 0.717) is 6.42 Å². The molecular formula is C9H12O2S. The summed E-state index contributed by atoms with van der Waals surface area (Å²) in [7, 11) is 0. The molecule has 0 aromatic carbocycles. The van der Waals surface area contributed by atoms with Gasteiger partial charge in [-0.05, 0) is 19.2 Å². The van der Waals surface area contributed by atoms with Gasteiger partial charge in [-0.15, -0.1) is 0 Å². The summed E-state index contributed by atoms with van der Waals surface area (Å²) >= 11 is 1.68. The molecule has 1 rings (SSSR count). The van der Waals surface area contributed by atoms with Gasteiger partial charge in [-0.2, -0.15) is 11.8 Å². The summed E-state index contributed by atoms with van der Waals surface area (Å²) < 4.78 is 5.04. The third kappa shape index (κ3) is 2.14. The van der Waals surface area contributed by atoms with E-state index >= 15 is 0 Å². The van der Waals surface area contributed by atoms with Gasteiger partial charge in [0.15, 0.2) is 5.78 Å². The third-order valence-corrected chi connectivity index (χ3v) is 2.30. The van der Waals surface area contributed by atoms with Gasteiger partial charge in [0, 0.05) is 12.2 Å². The average molecular weight is 184 g/mol. The van der Waals surface area contributed by atoms with Crippen molar-refractivity contribution >= 4 is 17.5 Å². The lowest BCUT2D eigenvalue weighted by molar-refractivity contribution is 0.0988. The van der Waals surface area contributed by atoms with Crippen LogP contribution in [0.15, 0.2) is 16.7 Å². The summed E-state index contributed by atoms with van der Waals surface area (Å²) in [5.74, 6) is 1.78. The Labute approximate surface area is 76.3 Å². The van der Waals surface area contributed by atoms with Crippen LogP contribution in [0, 0.1) is 6.92 Å². The largest absolute Gasteiger partial charge is 0.469 e. The SMILES string of the molecule is CSCCC(=O)c1ccoc1C. The van der Waals surface area contributed by atoms with Gasteiger partial charge >= 0.3 is 0 Å². The van der Waals surface area contributed by atoms with Crippen LogP contribution in [-0.2, 0) is 0 Å². The number of carbonyl (C=O) groups excluding carboxylic acids is 1. The second-order valence-electron chi connectivity index (χ2n) is 2.56. The van der Waals surface area contributed by atoms with Crippen LogP contribution in [0.5, 0.6) is 0 Å². The van der Waals surface area contributed by atoms with E-state index in [-0.39, 0.29) is 5.78 Å². The summed E-state index contributed by atoms with van der Waals surface area (Å²) in [5, 5.41) is 0. The van der Waals surface area contributed by atoms with Crippen molar-refractivity contribution in [3.63, 3.8) is 0 Å². The van der Waals surface area contributed by atoms with Crippen molar-refractivity contribution < 1.29 is 9.21 Å². The standard InChI is InChI=1S/C9H12O2S/c1-7-8(3-5-11-7)9(10)4-6-12-2/h3,5H,4,6H2,1-2H3. The van der Waals surface area contributed by atoms with Crippen molar-refractivity contribution in [1.29, 1.82) is 0 Å². The van der Waals surface area contributed by atoms with Gasteiger partial charge in [-0.3, -0.25) is 4.79 Å². The molecule has 0 saturated carbocycles. The number of hydrogen-bond donors (Lipinski definition) is 0. The molecule has 0 bridgehead atoms. The molecule has 0 aliphatic rings. The second-order valence-corrected chi connectivity index (χ2v) is 3.54. The highest BCUT2D eigenvalue weighted by atomic mass is 32.2. The maximum Gasteiger partial charge on any atom is 0.167 e. The van der Waals surface area contributed by atoms with Crippen molar-refractivity contribution in [2.24, 2.45) is 0 Å². The number of ketones is 1. The maximum atomic E-state index is 11.4. The van der Waals surface area contributed by atoms with E-state index in [0.717, 1.165) is 17.1 Å². The molecule has 0 N–H and O–H groups in total. The lowest BCUT2D eigenvalue weighted by Gasteiger charge is -1.96. The highest BCUT2D eigenvalue weighted by molar-refractivity contribution is 7.98. The van der Waals surface area contributed by atoms with Crippen LogP contribution in [0.3, 0.4) is 0 Å². The molecule has 0 spiro atoms. The molecule has 66 valence electrons. The van der Waals surface area contributed by atoms with E-state index in [1.807, 2.05) is 13.2 Å². The fourth-order valence-electron chi connectivity index (χ4n) is 1.00. The first-order valence-electron chi connectivity index (χ1n) is 3.82. The zero-order valence-corrected chi connectivity index (χ0v) is 8.11. The Balaban J connectivity index is 2.59. The van der Waals surface area contributed by atoms with Gasteiger partial charge in [0.05, 0.1) is 11.8 Å². The predicted octanol–water partition coefficient (Wildman–Crippen LogP) is 2.52. The van der Waals surface area contributed by atoms with Gasteiger partial charge in [0.25, 0.3) is 0 Å². The van der Waals surface area contributed by atoms with E-state index in [9.17, 15) is 4.79 Å². The molecule has 1 aromatic heterocycles. The number of carbonyl (C=O) groups is 1. The normalized spacial score (nSPS) is 10.2. The van der Waals surface area contributed by atoms with Gasteiger partial charge in [0.2, 0.25) is 0 Å². The Morgan fingerprint density at radius 2 is 2.42 bits per heavy atom. The predicted molar refractivity (Wildman–Crippen MR) is 50.8 cm³/mol. The van der Waals surface area contributed by atoms with Crippen molar-refractivity contribution in [2.75, 3.05) is 12.0 Å². The highest BCUT2D eigenvalue weighted by Gasteiger charge is 2.09. The van der Waals surface area contributed by atoms with Crippen LogP contribution < -0.4 is 0 Å². The van der Waals surface area contributed by atoms with Crippen LogP contribution in [-0.4, -0.2) is 17.8 Å². The van der Waals surface area contributed by atoms with Gasteiger partial charge in [0.1, 0.15) is 5.76 Å². The molecule has 0 aliphatic heterocycles. The maximum absolute atomic E-state index is 11.4. The Morgan fingerprint density at radius 1 is 1.67 bits per heavy atom. The zero-order chi connectivity index (χ0) is 8.97. The highest BCUT2D eigenvalue weighted by Crippen LogP contribution is 2.12. The van der Waals surface area contributed by atoms with E-state index in [2.05, 4.69) is 0 Å². The monoisotopic (exact) mass is 184 g/mol. The molecule has 0 fully saturated rings.